The van der Waals surface area contributed by atoms with E-state index in [2.05, 4.69) is 91.0 Å². The average Bonchev–Trinajstić information content (AvgIpc) is 3.72. The average molecular weight is 826 g/mol. The smallest absolute Gasteiger partial charge is 0.344 e. The van der Waals surface area contributed by atoms with Crippen LogP contribution in [0.3, 0.4) is 0 Å². The molecule has 2 aliphatic heterocycles. The zero-order valence-corrected chi connectivity index (χ0v) is 34.8. The lowest BCUT2D eigenvalue weighted by Gasteiger charge is -2.47. The molecule has 1 amide bonds. The molecule has 300 valence electrons. The van der Waals surface area contributed by atoms with Gasteiger partial charge >= 0.3 is 5.97 Å². The first kappa shape index (κ1) is 41.4. The molecule has 0 N–H and O–H groups in total. The molecule has 0 spiro atoms. The van der Waals surface area contributed by atoms with Crippen LogP contribution in [0.15, 0.2) is 158 Å². The third-order valence-corrected chi connectivity index (χ3v) is 13.3. The Morgan fingerprint density at radius 2 is 1.36 bits per heavy atom. The van der Waals surface area contributed by atoms with E-state index in [1.807, 2.05) is 18.2 Å². The largest absolute Gasteiger partial charge is 0.493 e. The van der Waals surface area contributed by atoms with E-state index in [-0.39, 0.29) is 30.1 Å². The fourth-order valence-electron chi connectivity index (χ4n) is 6.88. The second-order valence-corrected chi connectivity index (χ2v) is 18.3. The monoisotopic (exact) mass is 825 g/mol. The lowest BCUT2D eigenvalue weighted by molar-refractivity contribution is -0.157. The number of fused-ring (bicyclic) bond motifs is 1. The van der Waals surface area contributed by atoms with Crippen molar-refractivity contribution in [2.75, 3.05) is 23.9 Å². The number of benzene rings is 6. The first-order chi connectivity index (χ1) is 28.5. The van der Waals surface area contributed by atoms with E-state index in [1.54, 1.807) is 62.1 Å². The molecule has 0 aliphatic carbocycles. The first-order valence-electron chi connectivity index (χ1n) is 19.4. The molecular formula is C49H45FNO6PS. The molecule has 0 unspecified atom stereocenters. The molecule has 8 rings (SSSR count). The molecule has 10 heteroatoms. The van der Waals surface area contributed by atoms with E-state index in [4.69, 9.17) is 14.2 Å². The Bertz CT molecular complexity index is 2260. The normalized spacial score (nSPS) is 15.6. The molecule has 0 bridgehead atoms. The molecule has 0 aromatic heterocycles. The van der Waals surface area contributed by atoms with E-state index < -0.39 is 30.6 Å². The summed E-state index contributed by atoms with van der Waals surface area (Å²) in [4.78, 5) is 39.9. The number of amides is 1. The molecular weight excluding hydrogens is 781 g/mol. The molecule has 2 aliphatic rings. The fourth-order valence-corrected chi connectivity index (χ4v) is 10.4. The minimum absolute atomic E-state index is 0.0824. The number of halogens is 1. The highest BCUT2D eigenvalue weighted by molar-refractivity contribution is 8.01. The van der Waals surface area contributed by atoms with Crippen LogP contribution >= 0.6 is 19.7 Å². The number of ether oxygens (including phenoxy) is 3. The van der Waals surface area contributed by atoms with Crippen LogP contribution in [0.1, 0.15) is 48.3 Å². The zero-order valence-electron chi connectivity index (χ0n) is 33.1. The Kier molecular flexibility index (Phi) is 13.2. The molecule has 7 nitrogen and oxygen atoms in total. The maximum absolute atomic E-state index is 13.6. The Morgan fingerprint density at radius 3 is 1.92 bits per heavy atom. The molecule has 6 aromatic rings. The summed E-state index contributed by atoms with van der Waals surface area (Å²) in [5.74, 6) is 0.240. The van der Waals surface area contributed by atoms with Crippen LogP contribution < -0.4 is 30.3 Å². The van der Waals surface area contributed by atoms with Crippen LogP contribution in [0.5, 0.6) is 11.5 Å². The number of β-lactam (4-membered cyclic amide) rings is 1. The summed E-state index contributed by atoms with van der Waals surface area (Å²) in [5, 5.41) is 3.69. The Morgan fingerprint density at radius 1 is 0.780 bits per heavy atom. The summed E-state index contributed by atoms with van der Waals surface area (Å²) in [6.07, 6.45) is 0.834. The predicted molar refractivity (Wildman–Crippen MR) is 236 cm³/mol. The van der Waals surface area contributed by atoms with Crippen molar-refractivity contribution in [3.8, 4) is 11.5 Å². The van der Waals surface area contributed by atoms with Crippen molar-refractivity contribution < 1.29 is 33.0 Å². The van der Waals surface area contributed by atoms with Gasteiger partial charge < -0.3 is 19.1 Å². The minimum atomic E-state index is -0.604. The van der Waals surface area contributed by atoms with Crippen molar-refractivity contribution in [1.29, 1.82) is 0 Å². The summed E-state index contributed by atoms with van der Waals surface area (Å²) < 4.78 is 30.0. The predicted octanol–water partition coefficient (Wildman–Crippen LogP) is 9.00. The third-order valence-electron chi connectivity index (χ3n) is 9.60. The van der Waals surface area contributed by atoms with Gasteiger partial charge in [-0.05, 0) is 98.2 Å². The third kappa shape index (κ3) is 10.5. The summed E-state index contributed by atoms with van der Waals surface area (Å²) >= 11 is 1.29. The van der Waals surface area contributed by atoms with Gasteiger partial charge in [0, 0.05) is 17.7 Å². The first-order valence-corrected chi connectivity index (χ1v) is 21.8. The van der Waals surface area contributed by atoms with Gasteiger partial charge in [-0.15, -0.1) is 11.8 Å². The van der Waals surface area contributed by atoms with Gasteiger partial charge in [-0.1, -0.05) is 115 Å². The number of carbonyl (C=O) groups is 3. The van der Waals surface area contributed by atoms with Gasteiger partial charge in [-0.25, -0.2) is 9.18 Å². The maximum Gasteiger partial charge on any atom is 0.344 e. The van der Waals surface area contributed by atoms with E-state index in [0.29, 0.717) is 23.6 Å². The number of hydrogen-bond acceptors (Lipinski definition) is 7. The number of rotatable bonds is 12. The number of carbonyl (C=O) groups excluding carboxylic acids is 3. The van der Waals surface area contributed by atoms with Gasteiger partial charge in [0.2, 0.25) is 5.91 Å². The quantitative estimate of drug-likeness (QED) is 0.0528. The number of ketones is 1. The number of hydrogen-bond donors (Lipinski definition) is 0. The summed E-state index contributed by atoms with van der Waals surface area (Å²) in [7, 11) is -0.446. The molecule has 0 saturated carbocycles. The number of Topliss-reactive ketones (excluding diaryl/α,β-unsaturated/α-hetero) is 1. The second-order valence-electron chi connectivity index (χ2n) is 15.0. The van der Waals surface area contributed by atoms with Crippen LogP contribution in [-0.4, -0.2) is 47.5 Å². The highest BCUT2D eigenvalue weighted by Gasteiger charge is 2.49. The Balaban J connectivity index is 0.000000231. The highest BCUT2D eigenvalue weighted by Crippen LogP contribution is 2.45. The maximum atomic E-state index is 13.6. The standard InChI is InChI=1S/C31H30FNO6S.C18H15P/c1-31(2,3)39-27(35)17-38-24-12-6-20(7-13-24)28-29(30(36)33(28)23-10-8-22(32)9-11-23)40-18-25(34)21-5-4-19-14-15-37-26(19)16-21;1-4-10-16(11-5-1)19(17-12-6-2-7-13-17)18-14-8-3-9-15-18/h4-13,16,28-29H,14-15,17-18H2,1-3H3;1-15H/t28-,29-;/m1./s1. The van der Waals surface area contributed by atoms with Crippen LogP contribution in [0.25, 0.3) is 0 Å². The lowest BCUT2D eigenvalue weighted by atomic mass is 9.92. The second kappa shape index (κ2) is 18.9. The molecule has 0 radical (unpaired) electrons. The van der Waals surface area contributed by atoms with E-state index in [0.717, 1.165) is 23.3 Å². The SMILES string of the molecule is CC(C)(C)OC(=O)COc1ccc([C@@H]2[C@@H](SCC(=O)c3ccc4c(c3)OCC4)C(=O)N2c2ccc(F)cc2)cc1.c1ccc(P(c2ccccc2)c2ccccc2)cc1. The summed E-state index contributed by atoms with van der Waals surface area (Å²) in [6, 6.07) is 50.3. The summed E-state index contributed by atoms with van der Waals surface area (Å²) in [5.41, 5.74) is 2.43. The molecule has 59 heavy (non-hydrogen) atoms. The van der Waals surface area contributed by atoms with Gasteiger partial charge in [0.1, 0.15) is 28.2 Å². The Labute approximate surface area is 350 Å². The van der Waals surface area contributed by atoms with Crippen molar-refractivity contribution in [2.24, 2.45) is 0 Å². The number of esters is 1. The van der Waals surface area contributed by atoms with Gasteiger partial charge in [-0.3, -0.25) is 9.59 Å². The topological polar surface area (TPSA) is 82.1 Å². The fraction of sp³-hybridized carbons (Fsp3) is 0.204. The van der Waals surface area contributed by atoms with Crippen molar-refractivity contribution in [3.63, 3.8) is 0 Å². The zero-order chi connectivity index (χ0) is 41.4. The minimum Gasteiger partial charge on any atom is -0.493 e. The van der Waals surface area contributed by atoms with Crippen LogP contribution in [-0.2, 0) is 20.7 Å². The van der Waals surface area contributed by atoms with Crippen LogP contribution in [0, 0.1) is 5.82 Å². The van der Waals surface area contributed by atoms with Crippen molar-refractivity contribution in [2.45, 2.75) is 44.1 Å². The van der Waals surface area contributed by atoms with E-state index in [1.165, 1.54) is 39.8 Å². The number of anilines is 1. The van der Waals surface area contributed by atoms with Gasteiger partial charge in [-0.2, -0.15) is 0 Å². The van der Waals surface area contributed by atoms with Crippen LogP contribution in [0.4, 0.5) is 10.1 Å². The van der Waals surface area contributed by atoms with Gasteiger partial charge in [0.15, 0.2) is 12.4 Å². The molecule has 1 fully saturated rings. The molecule has 2 heterocycles. The number of thioether (sulfide) groups is 1. The molecule has 1 saturated heterocycles. The van der Waals surface area contributed by atoms with Crippen LogP contribution in [0.2, 0.25) is 0 Å². The molecule has 6 aromatic carbocycles. The highest BCUT2D eigenvalue weighted by atomic mass is 32.2. The van der Waals surface area contributed by atoms with E-state index >= 15 is 0 Å². The summed E-state index contributed by atoms with van der Waals surface area (Å²) in [6.45, 7) is 5.75. The number of nitrogens with zero attached hydrogens (tertiary/aromatic N) is 1. The van der Waals surface area contributed by atoms with Gasteiger partial charge in [0.05, 0.1) is 18.4 Å². The Hall–Kier alpha value is -5.76. The van der Waals surface area contributed by atoms with Gasteiger partial charge in [0.25, 0.3) is 0 Å². The van der Waals surface area contributed by atoms with Crippen molar-refractivity contribution in [1.82, 2.24) is 0 Å². The lowest BCUT2D eigenvalue weighted by Crippen LogP contribution is -2.57. The van der Waals surface area contributed by atoms with Crippen molar-refractivity contribution >= 4 is 58.9 Å². The molecule has 2 atom stereocenters. The van der Waals surface area contributed by atoms with E-state index in [9.17, 15) is 18.8 Å². The van der Waals surface area contributed by atoms with Crippen molar-refractivity contribution in [3.05, 3.63) is 180 Å².